The van der Waals surface area contributed by atoms with E-state index >= 15 is 0 Å². The number of aromatic nitrogens is 3. The molecule has 4 aromatic rings. The fourth-order valence-corrected chi connectivity index (χ4v) is 3.59. The average Bonchev–Trinajstić information content (AvgIpc) is 3.02. The van der Waals surface area contributed by atoms with Gasteiger partial charge in [-0.25, -0.2) is 9.50 Å². The highest BCUT2D eigenvalue weighted by atomic mass is 16.1. The zero-order chi connectivity index (χ0) is 19.0. The number of rotatable bonds is 4. The van der Waals surface area contributed by atoms with Gasteiger partial charge in [0.1, 0.15) is 0 Å². The maximum absolute atomic E-state index is 12.6. The fourth-order valence-electron chi connectivity index (χ4n) is 3.59. The quantitative estimate of drug-likeness (QED) is 0.589. The zero-order valence-corrected chi connectivity index (χ0v) is 15.8. The lowest BCUT2D eigenvalue weighted by Gasteiger charge is -2.12. The highest BCUT2D eigenvalue weighted by Crippen LogP contribution is 2.23. The number of nitrogens with one attached hydrogen (secondary N) is 1. The van der Waals surface area contributed by atoms with Crippen LogP contribution >= 0.6 is 0 Å². The van der Waals surface area contributed by atoms with Gasteiger partial charge in [0.2, 0.25) is 5.91 Å². The van der Waals surface area contributed by atoms with Crippen molar-refractivity contribution < 1.29 is 4.79 Å². The summed E-state index contributed by atoms with van der Waals surface area (Å²) in [6.45, 7) is 5.99. The second kappa shape index (κ2) is 6.83. The molecule has 0 atom stereocenters. The van der Waals surface area contributed by atoms with E-state index in [2.05, 4.69) is 15.4 Å². The summed E-state index contributed by atoms with van der Waals surface area (Å²) in [6, 6.07) is 16.0. The molecule has 0 saturated heterocycles. The van der Waals surface area contributed by atoms with E-state index in [1.165, 1.54) is 0 Å². The number of aryl methyl sites for hydroxylation is 3. The number of hydrogen-bond acceptors (Lipinski definition) is 3. The minimum Gasteiger partial charge on any atom is -0.326 e. The third-order valence-electron chi connectivity index (χ3n) is 4.95. The molecule has 0 bridgehead atoms. The van der Waals surface area contributed by atoms with Crippen LogP contribution in [0.3, 0.4) is 0 Å². The van der Waals surface area contributed by atoms with E-state index in [1.54, 1.807) is 0 Å². The number of benzene rings is 2. The van der Waals surface area contributed by atoms with E-state index in [0.29, 0.717) is 12.8 Å². The topological polar surface area (TPSA) is 59.3 Å². The van der Waals surface area contributed by atoms with E-state index in [9.17, 15) is 4.79 Å². The van der Waals surface area contributed by atoms with Gasteiger partial charge in [0.15, 0.2) is 5.65 Å². The van der Waals surface area contributed by atoms with Crippen LogP contribution in [0.1, 0.15) is 29.1 Å². The number of carbonyl (C=O) groups is 1. The Bertz CT molecular complexity index is 1150. The van der Waals surface area contributed by atoms with Crippen molar-refractivity contribution in [3.63, 3.8) is 0 Å². The molecule has 0 aliphatic rings. The molecule has 1 amide bonds. The molecule has 2 aromatic carbocycles. The highest BCUT2D eigenvalue weighted by molar-refractivity contribution is 6.02. The van der Waals surface area contributed by atoms with Gasteiger partial charge in [-0.05, 0) is 44.2 Å². The summed E-state index contributed by atoms with van der Waals surface area (Å²) >= 11 is 0. The highest BCUT2D eigenvalue weighted by Gasteiger charge is 2.13. The Hall–Kier alpha value is -3.21. The SMILES string of the molecule is Cc1cc2nc(C)c(CCC(=O)Nc3cccc4ccccc34)c(C)n2n1. The van der Waals surface area contributed by atoms with Gasteiger partial charge in [-0.3, -0.25) is 4.79 Å². The Kier molecular flexibility index (Phi) is 4.36. The first-order chi connectivity index (χ1) is 13.0. The summed E-state index contributed by atoms with van der Waals surface area (Å²) in [6.07, 6.45) is 1.04. The van der Waals surface area contributed by atoms with Crippen LogP contribution in [0.25, 0.3) is 16.4 Å². The first-order valence-corrected chi connectivity index (χ1v) is 9.13. The van der Waals surface area contributed by atoms with Crippen LogP contribution in [0.15, 0.2) is 48.5 Å². The smallest absolute Gasteiger partial charge is 0.224 e. The lowest BCUT2D eigenvalue weighted by atomic mass is 10.1. The zero-order valence-electron chi connectivity index (χ0n) is 15.8. The largest absolute Gasteiger partial charge is 0.326 e. The minimum atomic E-state index is 0.00176. The third-order valence-corrected chi connectivity index (χ3v) is 4.95. The second-order valence-corrected chi connectivity index (χ2v) is 6.89. The van der Waals surface area contributed by atoms with Crippen molar-refractivity contribution in [2.45, 2.75) is 33.6 Å². The van der Waals surface area contributed by atoms with Gasteiger partial charge in [-0.15, -0.1) is 0 Å². The average molecular weight is 358 g/mol. The van der Waals surface area contributed by atoms with Gasteiger partial charge < -0.3 is 5.32 Å². The molecular weight excluding hydrogens is 336 g/mol. The van der Waals surface area contributed by atoms with Crippen molar-refractivity contribution in [1.82, 2.24) is 14.6 Å². The number of amides is 1. The minimum absolute atomic E-state index is 0.00176. The van der Waals surface area contributed by atoms with E-state index in [1.807, 2.05) is 73.8 Å². The van der Waals surface area contributed by atoms with Crippen LogP contribution in [0.5, 0.6) is 0 Å². The molecule has 1 N–H and O–H groups in total. The van der Waals surface area contributed by atoms with Gasteiger partial charge in [0, 0.05) is 34.9 Å². The molecule has 0 unspecified atom stereocenters. The Labute approximate surface area is 158 Å². The molecule has 27 heavy (non-hydrogen) atoms. The molecule has 0 aliphatic carbocycles. The summed E-state index contributed by atoms with van der Waals surface area (Å²) in [5, 5.41) is 9.72. The molecule has 2 aromatic heterocycles. The van der Waals surface area contributed by atoms with Gasteiger partial charge in [0.05, 0.1) is 5.69 Å². The number of fused-ring (bicyclic) bond motifs is 2. The molecule has 2 heterocycles. The molecule has 5 nitrogen and oxygen atoms in total. The van der Waals surface area contributed by atoms with Crippen molar-refractivity contribution in [3.05, 3.63) is 71.2 Å². The number of hydrogen-bond donors (Lipinski definition) is 1. The summed E-state index contributed by atoms with van der Waals surface area (Å²) < 4.78 is 1.86. The summed E-state index contributed by atoms with van der Waals surface area (Å²) in [7, 11) is 0. The lowest BCUT2D eigenvalue weighted by Crippen LogP contribution is -2.14. The van der Waals surface area contributed by atoms with Crippen molar-refractivity contribution >= 4 is 28.0 Å². The van der Waals surface area contributed by atoms with Crippen molar-refractivity contribution in [2.24, 2.45) is 0 Å². The van der Waals surface area contributed by atoms with E-state index in [-0.39, 0.29) is 5.91 Å². The number of nitrogens with zero attached hydrogens (tertiary/aromatic N) is 3. The second-order valence-electron chi connectivity index (χ2n) is 6.89. The van der Waals surface area contributed by atoms with Gasteiger partial charge >= 0.3 is 0 Å². The Balaban J connectivity index is 1.53. The van der Waals surface area contributed by atoms with Crippen LogP contribution in [-0.2, 0) is 11.2 Å². The lowest BCUT2D eigenvalue weighted by molar-refractivity contribution is -0.116. The predicted octanol–water partition coefficient (Wildman–Crippen LogP) is 4.38. The maximum Gasteiger partial charge on any atom is 0.224 e. The molecular formula is C22H22N4O. The Morgan fingerprint density at radius 3 is 2.70 bits per heavy atom. The van der Waals surface area contributed by atoms with E-state index < -0.39 is 0 Å². The van der Waals surface area contributed by atoms with E-state index in [4.69, 9.17) is 0 Å². The molecule has 136 valence electrons. The molecule has 0 aliphatic heterocycles. The first kappa shape index (κ1) is 17.2. The standard InChI is InChI=1S/C22H22N4O/c1-14-13-21-23-15(2)18(16(3)26(21)25-14)11-12-22(27)24-20-10-6-8-17-7-4-5-9-19(17)20/h4-10,13H,11-12H2,1-3H3,(H,24,27). The number of anilines is 1. The van der Waals surface area contributed by atoms with Crippen LogP contribution in [0, 0.1) is 20.8 Å². The number of carbonyl (C=O) groups excluding carboxylic acids is 1. The van der Waals surface area contributed by atoms with Gasteiger partial charge in [-0.2, -0.15) is 5.10 Å². The normalized spacial score (nSPS) is 11.2. The van der Waals surface area contributed by atoms with E-state index in [0.717, 1.165) is 44.8 Å². The monoisotopic (exact) mass is 358 g/mol. The third kappa shape index (κ3) is 3.28. The fraction of sp³-hybridized carbons (Fsp3) is 0.227. The molecule has 5 heteroatoms. The van der Waals surface area contributed by atoms with Crippen molar-refractivity contribution in [1.29, 1.82) is 0 Å². The molecule has 0 spiro atoms. The van der Waals surface area contributed by atoms with Crippen LogP contribution in [0.4, 0.5) is 5.69 Å². The maximum atomic E-state index is 12.6. The van der Waals surface area contributed by atoms with Gasteiger partial charge in [0.25, 0.3) is 0 Å². The molecule has 0 fully saturated rings. The molecule has 4 rings (SSSR count). The molecule has 0 radical (unpaired) electrons. The Morgan fingerprint density at radius 1 is 1.07 bits per heavy atom. The molecule has 0 saturated carbocycles. The summed E-state index contributed by atoms with van der Waals surface area (Å²) in [5.41, 5.74) is 5.73. The van der Waals surface area contributed by atoms with Gasteiger partial charge in [-0.1, -0.05) is 36.4 Å². The van der Waals surface area contributed by atoms with Crippen molar-refractivity contribution in [3.8, 4) is 0 Å². The van der Waals surface area contributed by atoms with Crippen molar-refractivity contribution in [2.75, 3.05) is 5.32 Å². The van der Waals surface area contributed by atoms with Crippen LogP contribution in [0.2, 0.25) is 0 Å². The summed E-state index contributed by atoms with van der Waals surface area (Å²) in [5.74, 6) is 0.00176. The first-order valence-electron chi connectivity index (χ1n) is 9.13. The Morgan fingerprint density at radius 2 is 1.85 bits per heavy atom. The summed E-state index contributed by atoms with van der Waals surface area (Å²) in [4.78, 5) is 17.2. The van der Waals surface area contributed by atoms with Crippen LogP contribution in [-0.4, -0.2) is 20.5 Å². The predicted molar refractivity (Wildman–Crippen MR) is 108 cm³/mol. The van der Waals surface area contributed by atoms with Crippen LogP contribution < -0.4 is 5.32 Å².